The number of fused-ring (bicyclic) bond motifs is 1. The molecule has 210 valence electrons. The number of benzene rings is 2. The summed E-state index contributed by atoms with van der Waals surface area (Å²) in [5.41, 5.74) is -0.417. The van der Waals surface area contributed by atoms with Gasteiger partial charge in [-0.1, -0.05) is 38.1 Å². The minimum absolute atomic E-state index is 0.0283. The Morgan fingerprint density at radius 1 is 0.947 bits per heavy atom. The van der Waals surface area contributed by atoms with Crippen LogP contribution in [0.4, 0.5) is 26.3 Å². The number of likely N-dealkylation sites (tertiary alicyclic amines) is 1. The fourth-order valence-electron chi connectivity index (χ4n) is 6.10. The van der Waals surface area contributed by atoms with Crippen LogP contribution in [0.3, 0.4) is 0 Å². The third-order valence-corrected chi connectivity index (χ3v) is 7.98. The van der Waals surface area contributed by atoms with Crippen molar-refractivity contribution in [2.24, 2.45) is 17.8 Å². The van der Waals surface area contributed by atoms with Gasteiger partial charge in [0, 0.05) is 11.4 Å². The number of alkyl halides is 6. The standard InChI is InChI=1S/C28H33F6NO3/c1-16(2)25(35-14-12-18(13-15-35)26(36)37)21-5-3-4-17-6-11-22(24(23(17)21)28(32,33)34)38-20-9-7-19(8-10-20)27(29,30)31/h3-6,11,16,18-20,25H,7-10,12-15H2,1-2H3,(H,36,37). The Kier molecular flexibility index (Phi) is 8.21. The number of carboxylic acids is 1. The number of nitrogens with zero attached hydrogens (tertiary/aromatic N) is 1. The largest absolute Gasteiger partial charge is 0.490 e. The number of aliphatic carboxylic acids is 1. The second-order valence-corrected chi connectivity index (χ2v) is 10.9. The fraction of sp³-hybridized carbons (Fsp3) is 0.607. The summed E-state index contributed by atoms with van der Waals surface area (Å²) < 4.78 is 89.0. The molecule has 2 aromatic rings. The Balaban J connectivity index is 1.72. The number of piperidine rings is 1. The van der Waals surface area contributed by atoms with Crippen molar-refractivity contribution in [1.82, 2.24) is 4.90 Å². The minimum atomic E-state index is -4.76. The summed E-state index contributed by atoms with van der Waals surface area (Å²) in [4.78, 5) is 13.5. The Bertz CT molecular complexity index is 1130. The summed E-state index contributed by atoms with van der Waals surface area (Å²) in [6.45, 7) is 4.77. The van der Waals surface area contributed by atoms with Gasteiger partial charge < -0.3 is 9.84 Å². The van der Waals surface area contributed by atoms with Gasteiger partial charge in [-0.15, -0.1) is 0 Å². The second-order valence-electron chi connectivity index (χ2n) is 10.9. The van der Waals surface area contributed by atoms with Crippen LogP contribution in [0.5, 0.6) is 5.75 Å². The van der Waals surface area contributed by atoms with Crippen molar-refractivity contribution < 1.29 is 41.0 Å². The van der Waals surface area contributed by atoms with Crippen molar-refractivity contribution in [2.75, 3.05) is 13.1 Å². The highest BCUT2D eigenvalue weighted by molar-refractivity contribution is 5.91. The number of carbonyl (C=O) groups is 1. The van der Waals surface area contributed by atoms with Crippen LogP contribution in [0, 0.1) is 17.8 Å². The fourth-order valence-corrected chi connectivity index (χ4v) is 6.10. The molecule has 0 amide bonds. The van der Waals surface area contributed by atoms with E-state index in [9.17, 15) is 36.2 Å². The lowest BCUT2D eigenvalue weighted by molar-refractivity contribution is -0.185. The molecule has 2 aliphatic rings. The van der Waals surface area contributed by atoms with Crippen LogP contribution in [0.25, 0.3) is 10.8 Å². The minimum Gasteiger partial charge on any atom is -0.490 e. The highest BCUT2D eigenvalue weighted by Gasteiger charge is 2.43. The number of hydrogen-bond acceptors (Lipinski definition) is 3. The van der Waals surface area contributed by atoms with Gasteiger partial charge in [0.1, 0.15) is 11.3 Å². The molecule has 1 saturated heterocycles. The zero-order chi connectivity index (χ0) is 27.8. The summed E-state index contributed by atoms with van der Waals surface area (Å²) in [7, 11) is 0. The maximum atomic E-state index is 14.7. The van der Waals surface area contributed by atoms with Crippen molar-refractivity contribution >= 4 is 16.7 Å². The smallest absolute Gasteiger partial charge is 0.420 e. The molecule has 1 aliphatic heterocycles. The van der Waals surface area contributed by atoms with E-state index in [-0.39, 0.29) is 48.8 Å². The van der Waals surface area contributed by atoms with Gasteiger partial charge >= 0.3 is 18.3 Å². The first-order chi connectivity index (χ1) is 17.8. The van der Waals surface area contributed by atoms with Gasteiger partial charge in [-0.05, 0) is 74.5 Å². The van der Waals surface area contributed by atoms with Gasteiger partial charge in [-0.25, -0.2) is 0 Å². The highest BCUT2D eigenvalue weighted by Crippen LogP contribution is 2.47. The van der Waals surface area contributed by atoms with Crippen LogP contribution in [-0.4, -0.2) is 41.3 Å². The van der Waals surface area contributed by atoms with Gasteiger partial charge in [0.05, 0.1) is 17.9 Å². The first-order valence-corrected chi connectivity index (χ1v) is 13.1. The highest BCUT2D eigenvalue weighted by atomic mass is 19.4. The normalized spacial score (nSPS) is 23.1. The molecule has 1 heterocycles. The van der Waals surface area contributed by atoms with Gasteiger partial charge in [0.15, 0.2) is 0 Å². The summed E-state index contributed by atoms with van der Waals surface area (Å²) in [5.74, 6) is -3.21. The van der Waals surface area contributed by atoms with Gasteiger partial charge in [0.2, 0.25) is 0 Å². The lowest BCUT2D eigenvalue weighted by Gasteiger charge is -2.39. The Labute approximate surface area is 217 Å². The quantitative estimate of drug-likeness (QED) is 0.376. The average molecular weight is 546 g/mol. The van der Waals surface area contributed by atoms with E-state index in [1.165, 1.54) is 6.07 Å². The molecule has 0 radical (unpaired) electrons. The van der Waals surface area contributed by atoms with Crippen LogP contribution in [0.1, 0.15) is 69.5 Å². The van der Waals surface area contributed by atoms with E-state index in [4.69, 9.17) is 4.74 Å². The Morgan fingerprint density at radius 2 is 1.58 bits per heavy atom. The first kappa shape index (κ1) is 28.5. The molecule has 4 nitrogen and oxygen atoms in total. The van der Waals surface area contributed by atoms with Gasteiger partial charge in [-0.3, -0.25) is 9.69 Å². The molecule has 0 aromatic heterocycles. The van der Waals surface area contributed by atoms with E-state index >= 15 is 0 Å². The van der Waals surface area contributed by atoms with Crippen LogP contribution in [0.15, 0.2) is 30.3 Å². The average Bonchev–Trinajstić information content (AvgIpc) is 2.83. The Morgan fingerprint density at radius 3 is 2.11 bits per heavy atom. The van der Waals surface area contributed by atoms with E-state index in [0.29, 0.717) is 36.9 Å². The zero-order valence-corrected chi connectivity index (χ0v) is 21.4. The van der Waals surface area contributed by atoms with Gasteiger partial charge in [0.25, 0.3) is 0 Å². The molecular weight excluding hydrogens is 512 g/mol. The molecule has 0 bridgehead atoms. The molecule has 38 heavy (non-hydrogen) atoms. The SMILES string of the molecule is CC(C)C(c1cccc2ccc(OC3CCC(C(F)(F)F)CC3)c(C(F)(F)F)c12)N1CCC(C(=O)O)CC1. The molecule has 1 aliphatic carbocycles. The van der Waals surface area contributed by atoms with Crippen molar-refractivity contribution in [3.63, 3.8) is 0 Å². The van der Waals surface area contributed by atoms with E-state index in [2.05, 4.69) is 4.90 Å². The monoisotopic (exact) mass is 545 g/mol. The number of carboxylic acid groups (broad SMARTS) is 1. The predicted molar refractivity (Wildman–Crippen MR) is 131 cm³/mol. The molecule has 1 atom stereocenters. The van der Waals surface area contributed by atoms with Crippen molar-refractivity contribution in [3.8, 4) is 5.75 Å². The van der Waals surface area contributed by atoms with Crippen molar-refractivity contribution in [1.29, 1.82) is 0 Å². The molecule has 1 unspecified atom stereocenters. The zero-order valence-electron chi connectivity index (χ0n) is 21.4. The molecule has 2 aromatic carbocycles. The predicted octanol–water partition coefficient (Wildman–Crippen LogP) is 7.85. The van der Waals surface area contributed by atoms with E-state index in [1.54, 1.807) is 24.3 Å². The van der Waals surface area contributed by atoms with Crippen molar-refractivity contribution in [3.05, 3.63) is 41.5 Å². The topological polar surface area (TPSA) is 49.8 Å². The molecule has 2 fully saturated rings. The van der Waals surface area contributed by atoms with Gasteiger partial charge in [-0.2, -0.15) is 26.3 Å². The maximum Gasteiger partial charge on any atom is 0.420 e. The van der Waals surface area contributed by atoms with Crippen LogP contribution in [-0.2, 0) is 11.0 Å². The third kappa shape index (κ3) is 6.05. The number of ether oxygens (including phenoxy) is 1. The number of halogens is 6. The van der Waals surface area contributed by atoms with E-state index < -0.39 is 41.8 Å². The maximum absolute atomic E-state index is 14.7. The Hall–Kier alpha value is -2.49. The summed E-state index contributed by atoms with van der Waals surface area (Å²) in [5, 5.41) is 9.79. The van der Waals surface area contributed by atoms with Crippen LogP contribution >= 0.6 is 0 Å². The number of rotatable bonds is 6. The number of hydrogen-bond donors (Lipinski definition) is 1. The molecule has 0 spiro atoms. The molecular formula is C28H33F6NO3. The molecule has 4 rings (SSSR count). The molecule has 1 saturated carbocycles. The lowest BCUT2D eigenvalue weighted by atomic mass is 9.85. The van der Waals surface area contributed by atoms with Crippen molar-refractivity contribution in [2.45, 2.75) is 76.9 Å². The lowest BCUT2D eigenvalue weighted by Crippen LogP contribution is -2.40. The van der Waals surface area contributed by atoms with E-state index in [1.807, 2.05) is 13.8 Å². The second kappa shape index (κ2) is 10.9. The van der Waals surface area contributed by atoms with Crippen LogP contribution < -0.4 is 4.74 Å². The first-order valence-electron chi connectivity index (χ1n) is 13.1. The molecule has 1 N–H and O–H groups in total. The van der Waals surface area contributed by atoms with Crippen LogP contribution in [0.2, 0.25) is 0 Å². The summed E-state index contributed by atoms with van der Waals surface area (Å²) >= 11 is 0. The summed E-state index contributed by atoms with van der Waals surface area (Å²) in [6, 6.07) is 7.47. The molecule has 10 heteroatoms. The van der Waals surface area contributed by atoms with E-state index in [0.717, 1.165) is 0 Å². The third-order valence-electron chi connectivity index (χ3n) is 7.98. The summed E-state index contributed by atoms with van der Waals surface area (Å²) in [6.07, 6.45) is -9.23.